The summed E-state index contributed by atoms with van der Waals surface area (Å²) in [6, 6.07) is 12.1. The molecule has 2 aromatic heterocycles. The Kier molecular flexibility index (Phi) is 8.38. The molecule has 4 nitrogen and oxygen atoms in total. The van der Waals surface area contributed by atoms with Gasteiger partial charge in [0.25, 0.3) is 0 Å². The van der Waals surface area contributed by atoms with Gasteiger partial charge in [0.05, 0.1) is 11.6 Å². The molecule has 1 N–H and O–H groups in total. The minimum atomic E-state index is 0. The lowest BCUT2D eigenvalue weighted by Gasteiger charge is -2.14. The Morgan fingerprint density at radius 3 is 2.73 bits per heavy atom. The summed E-state index contributed by atoms with van der Waals surface area (Å²) in [4.78, 5) is 5.42. The molecule has 0 fully saturated rings. The van der Waals surface area contributed by atoms with Crippen molar-refractivity contribution in [2.45, 2.75) is 19.7 Å². The molecule has 3 aromatic rings. The van der Waals surface area contributed by atoms with Crippen LogP contribution in [0.5, 0.6) is 11.5 Å². The average molecular weight is 456 g/mol. The number of rotatable bonds is 8. The molecule has 0 aliphatic carbocycles. The highest BCUT2D eigenvalue weighted by Gasteiger charge is 2.12. The summed E-state index contributed by atoms with van der Waals surface area (Å²) in [5.41, 5.74) is 2.15. The van der Waals surface area contributed by atoms with Crippen LogP contribution in [0.2, 0.25) is 0 Å². The van der Waals surface area contributed by atoms with Gasteiger partial charge in [0.1, 0.15) is 6.61 Å². The highest BCUT2D eigenvalue weighted by molar-refractivity contribution is 9.10. The third kappa shape index (κ3) is 5.71. The molecule has 7 heteroatoms. The van der Waals surface area contributed by atoms with E-state index >= 15 is 0 Å². The Labute approximate surface area is 172 Å². The van der Waals surface area contributed by atoms with Crippen LogP contribution in [0.3, 0.4) is 0 Å². The van der Waals surface area contributed by atoms with Crippen molar-refractivity contribution in [3.63, 3.8) is 0 Å². The van der Waals surface area contributed by atoms with Crippen molar-refractivity contribution < 1.29 is 9.47 Å². The van der Waals surface area contributed by atoms with Crippen molar-refractivity contribution in [2.75, 3.05) is 7.11 Å². The van der Waals surface area contributed by atoms with Gasteiger partial charge in [0.15, 0.2) is 11.5 Å². The van der Waals surface area contributed by atoms with Crippen molar-refractivity contribution >= 4 is 39.7 Å². The molecule has 1 aromatic carbocycles. The van der Waals surface area contributed by atoms with E-state index < -0.39 is 0 Å². The Bertz CT molecular complexity index is 801. The zero-order chi connectivity index (χ0) is 17.5. The number of hydrogen-bond acceptors (Lipinski definition) is 5. The van der Waals surface area contributed by atoms with Crippen LogP contribution in [0.1, 0.15) is 16.0 Å². The van der Waals surface area contributed by atoms with E-state index in [2.05, 4.69) is 49.8 Å². The number of thiophene rings is 1. The van der Waals surface area contributed by atoms with Crippen LogP contribution in [-0.4, -0.2) is 12.1 Å². The number of halogens is 2. The zero-order valence-electron chi connectivity index (χ0n) is 14.3. The molecular formula is C19H20BrClN2O2S. The molecule has 2 heterocycles. The number of methoxy groups -OCH3 is 1. The standard InChI is InChI=1S/C19H19BrN2O2S.ClH/c1-23-18-9-15(11-22-12-16-5-3-7-25-16)8-17(20)19(18)24-13-14-4-2-6-21-10-14;/h2-10,22H,11-13H2,1H3;1H. The van der Waals surface area contributed by atoms with Gasteiger partial charge in [-0.3, -0.25) is 4.98 Å². The molecule has 0 aliphatic rings. The molecule has 26 heavy (non-hydrogen) atoms. The molecule has 0 spiro atoms. The molecule has 0 atom stereocenters. The minimum Gasteiger partial charge on any atom is -0.493 e. The van der Waals surface area contributed by atoms with E-state index in [0.717, 1.165) is 28.7 Å². The van der Waals surface area contributed by atoms with Crippen molar-refractivity contribution in [3.05, 3.63) is 74.6 Å². The van der Waals surface area contributed by atoms with E-state index in [9.17, 15) is 0 Å². The topological polar surface area (TPSA) is 43.4 Å². The first kappa shape index (κ1) is 20.7. The normalized spacial score (nSPS) is 10.2. The second-order valence-corrected chi connectivity index (χ2v) is 7.33. The lowest BCUT2D eigenvalue weighted by Crippen LogP contribution is -2.12. The lowest BCUT2D eigenvalue weighted by atomic mass is 10.2. The second-order valence-electron chi connectivity index (χ2n) is 5.44. The third-order valence-electron chi connectivity index (χ3n) is 3.60. The van der Waals surface area contributed by atoms with E-state index in [0.29, 0.717) is 18.1 Å². The molecule has 0 amide bonds. The quantitative estimate of drug-likeness (QED) is 0.507. The highest BCUT2D eigenvalue weighted by Crippen LogP contribution is 2.37. The molecule has 3 rings (SSSR count). The number of hydrogen-bond donors (Lipinski definition) is 1. The van der Waals surface area contributed by atoms with Gasteiger partial charge in [0.2, 0.25) is 0 Å². The smallest absolute Gasteiger partial charge is 0.175 e. The van der Waals surface area contributed by atoms with E-state index in [-0.39, 0.29) is 12.4 Å². The molecule has 0 saturated heterocycles. The van der Waals surface area contributed by atoms with E-state index in [1.807, 2.05) is 18.2 Å². The van der Waals surface area contributed by atoms with Crippen molar-refractivity contribution in [1.82, 2.24) is 10.3 Å². The highest BCUT2D eigenvalue weighted by atomic mass is 79.9. The largest absolute Gasteiger partial charge is 0.493 e. The first-order valence-corrected chi connectivity index (χ1v) is 9.54. The summed E-state index contributed by atoms with van der Waals surface area (Å²) in [6.07, 6.45) is 3.54. The summed E-state index contributed by atoms with van der Waals surface area (Å²) < 4.78 is 12.3. The van der Waals surface area contributed by atoms with E-state index in [4.69, 9.17) is 9.47 Å². The lowest BCUT2D eigenvalue weighted by molar-refractivity contribution is 0.282. The average Bonchev–Trinajstić information content (AvgIpc) is 3.15. The number of nitrogens with one attached hydrogen (secondary N) is 1. The Morgan fingerprint density at radius 1 is 1.15 bits per heavy atom. The van der Waals surface area contributed by atoms with E-state index in [1.54, 1.807) is 30.8 Å². The Balaban J connectivity index is 0.00000243. The van der Waals surface area contributed by atoms with Gasteiger partial charge in [-0.25, -0.2) is 0 Å². The fourth-order valence-electron chi connectivity index (χ4n) is 2.40. The summed E-state index contributed by atoms with van der Waals surface area (Å²) in [5.74, 6) is 1.42. The van der Waals surface area contributed by atoms with Gasteiger partial charge in [-0.1, -0.05) is 12.1 Å². The van der Waals surface area contributed by atoms with Crippen molar-refractivity contribution in [1.29, 1.82) is 0 Å². The summed E-state index contributed by atoms with van der Waals surface area (Å²) in [7, 11) is 1.65. The first-order chi connectivity index (χ1) is 12.3. The van der Waals surface area contributed by atoms with Gasteiger partial charge in [-0.05, 0) is 51.1 Å². The predicted molar refractivity (Wildman–Crippen MR) is 111 cm³/mol. The molecular weight excluding hydrogens is 436 g/mol. The summed E-state index contributed by atoms with van der Waals surface area (Å²) in [6.45, 7) is 2.06. The summed E-state index contributed by atoms with van der Waals surface area (Å²) >= 11 is 5.35. The van der Waals surface area contributed by atoms with Crippen LogP contribution in [0, 0.1) is 0 Å². The number of aromatic nitrogens is 1. The molecule has 0 saturated carbocycles. The maximum absolute atomic E-state index is 5.93. The molecule has 138 valence electrons. The third-order valence-corrected chi connectivity index (χ3v) is 5.07. The molecule has 0 radical (unpaired) electrons. The van der Waals surface area contributed by atoms with Crippen LogP contribution in [-0.2, 0) is 19.7 Å². The summed E-state index contributed by atoms with van der Waals surface area (Å²) in [5, 5.41) is 5.53. The van der Waals surface area contributed by atoms with Gasteiger partial charge in [-0.15, -0.1) is 23.7 Å². The number of nitrogens with zero attached hydrogens (tertiary/aromatic N) is 1. The maximum atomic E-state index is 5.93. The van der Waals surface area contributed by atoms with Crippen LogP contribution < -0.4 is 14.8 Å². The van der Waals surface area contributed by atoms with Gasteiger partial charge in [0, 0.05) is 35.9 Å². The van der Waals surface area contributed by atoms with Crippen LogP contribution in [0.25, 0.3) is 0 Å². The predicted octanol–water partition coefficient (Wildman–Crippen LogP) is 5.20. The van der Waals surface area contributed by atoms with Gasteiger partial charge < -0.3 is 14.8 Å². The number of benzene rings is 1. The number of ether oxygens (including phenoxy) is 2. The van der Waals surface area contributed by atoms with E-state index in [1.165, 1.54) is 4.88 Å². The number of pyridine rings is 1. The molecule has 0 unspecified atom stereocenters. The second kappa shape index (κ2) is 10.5. The Morgan fingerprint density at radius 2 is 2.04 bits per heavy atom. The first-order valence-electron chi connectivity index (χ1n) is 7.87. The molecule has 0 bridgehead atoms. The van der Waals surface area contributed by atoms with Crippen LogP contribution in [0.4, 0.5) is 0 Å². The maximum Gasteiger partial charge on any atom is 0.175 e. The van der Waals surface area contributed by atoms with Crippen LogP contribution in [0.15, 0.2) is 58.6 Å². The minimum absolute atomic E-state index is 0. The monoisotopic (exact) mass is 454 g/mol. The van der Waals surface area contributed by atoms with Gasteiger partial charge >= 0.3 is 0 Å². The Hall–Kier alpha value is -1.60. The van der Waals surface area contributed by atoms with Gasteiger partial charge in [-0.2, -0.15) is 0 Å². The fraction of sp³-hybridized carbons (Fsp3) is 0.211. The van der Waals surface area contributed by atoms with Crippen molar-refractivity contribution in [3.8, 4) is 11.5 Å². The molecule has 0 aliphatic heterocycles. The SMILES string of the molecule is COc1cc(CNCc2cccs2)cc(Br)c1OCc1cccnc1.Cl. The fourth-order valence-corrected chi connectivity index (χ4v) is 3.68. The zero-order valence-corrected chi connectivity index (χ0v) is 17.5. The van der Waals surface area contributed by atoms with Crippen LogP contribution >= 0.6 is 39.7 Å². The van der Waals surface area contributed by atoms with Crippen molar-refractivity contribution in [2.24, 2.45) is 0 Å².